The van der Waals surface area contributed by atoms with Crippen molar-refractivity contribution in [1.82, 2.24) is 5.32 Å². The van der Waals surface area contributed by atoms with Crippen LogP contribution in [0, 0.1) is 0 Å². The number of carbonyl (C=O) groups excluding carboxylic acids is 4. The van der Waals surface area contributed by atoms with Gasteiger partial charge in [0, 0.05) is 27.7 Å². The van der Waals surface area contributed by atoms with Crippen molar-refractivity contribution in [2.45, 2.75) is 65.3 Å². The van der Waals surface area contributed by atoms with Crippen LogP contribution in [0.3, 0.4) is 0 Å². The summed E-state index contributed by atoms with van der Waals surface area (Å²) in [6, 6.07) is -0.771. The number of rotatable bonds is 4. The smallest absolute Gasteiger partial charge is 0.305 e. The molecule has 0 aliphatic carbocycles. The minimum absolute atomic E-state index is 0.380. The molecule has 9 nitrogen and oxygen atoms in total. The average molecular weight is 331 g/mol. The van der Waals surface area contributed by atoms with Crippen LogP contribution in [-0.4, -0.2) is 54.5 Å². The van der Waals surface area contributed by atoms with Gasteiger partial charge in [0.15, 0.2) is 6.10 Å². The fourth-order valence-corrected chi connectivity index (χ4v) is 2.34. The van der Waals surface area contributed by atoms with E-state index in [1.807, 2.05) is 0 Å². The second-order valence-electron chi connectivity index (χ2n) is 5.19. The molecule has 5 atom stereocenters. The lowest BCUT2D eigenvalue weighted by atomic mass is 9.96. The Morgan fingerprint density at radius 3 is 1.74 bits per heavy atom. The Labute approximate surface area is 133 Å². The van der Waals surface area contributed by atoms with Crippen LogP contribution in [0.25, 0.3) is 0 Å². The van der Waals surface area contributed by atoms with Gasteiger partial charge < -0.3 is 24.3 Å². The number of amides is 1. The molecule has 1 N–H and O–H groups in total. The standard InChI is InChI=1S/C14H21NO8/c1-6-11(15-7(2)16)12(21-8(3)17)13(22-9(4)18)14(20-6)23-10(5)19/h6,11-14H,1-5H3,(H,15,16)/t6-,11-,12+,13+,14-/m1/s1. The fourth-order valence-electron chi connectivity index (χ4n) is 2.34. The lowest BCUT2D eigenvalue weighted by molar-refractivity contribution is -0.271. The average Bonchev–Trinajstić information content (AvgIpc) is 2.36. The monoisotopic (exact) mass is 331 g/mol. The van der Waals surface area contributed by atoms with Gasteiger partial charge in [-0.25, -0.2) is 0 Å². The van der Waals surface area contributed by atoms with Crippen LogP contribution < -0.4 is 5.32 Å². The zero-order valence-electron chi connectivity index (χ0n) is 13.7. The molecule has 130 valence electrons. The molecule has 1 amide bonds. The van der Waals surface area contributed by atoms with Crippen molar-refractivity contribution < 1.29 is 38.1 Å². The summed E-state index contributed by atoms with van der Waals surface area (Å²) in [7, 11) is 0. The molecule has 1 saturated heterocycles. The highest BCUT2D eigenvalue weighted by molar-refractivity contribution is 5.73. The highest BCUT2D eigenvalue weighted by Crippen LogP contribution is 2.27. The number of hydrogen-bond donors (Lipinski definition) is 1. The van der Waals surface area contributed by atoms with Gasteiger partial charge in [0.25, 0.3) is 0 Å². The highest BCUT2D eigenvalue weighted by Gasteiger charge is 2.50. The molecule has 0 aromatic heterocycles. The summed E-state index contributed by atoms with van der Waals surface area (Å²) >= 11 is 0. The van der Waals surface area contributed by atoms with Crippen molar-refractivity contribution in [3.63, 3.8) is 0 Å². The number of ether oxygens (including phenoxy) is 4. The molecule has 1 fully saturated rings. The van der Waals surface area contributed by atoms with E-state index in [1.54, 1.807) is 6.92 Å². The number of esters is 3. The van der Waals surface area contributed by atoms with E-state index in [2.05, 4.69) is 5.32 Å². The Hall–Kier alpha value is -2.16. The lowest BCUT2D eigenvalue weighted by Crippen LogP contribution is -2.65. The quantitative estimate of drug-likeness (QED) is 0.549. The summed E-state index contributed by atoms with van der Waals surface area (Å²) in [4.78, 5) is 45.3. The maximum atomic E-state index is 11.4. The van der Waals surface area contributed by atoms with Crippen molar-refractivity contribution in [3.8, 4) is 0 Å². The minimum atomic E-state index is -1.25. The first-order valence-corrected chi connectivity index (χ1v) is 7.06. The van der Waals surface area contributed by atoms with Crippen LogP contribution in [-0.2, 0) is 38.1 Å². The van der Waals surface area contributed by atoms with E-state index in [-0.39, 0.29) is 5.91 Å². The van der Waals surface area contributed by atoms with E-state index in [4.69, 9.17) is 18.9 Å². The molecule has 1 rings (SSSR count). The Morgan fingerprint density at radius 2 is 1.30 bits per heavy atom. The van der Waals surface area contributed by atoms with Gasteiger partial charge in [-0.15, -0.1) is 0 Å². The Morgan fingerprint density at radius 1 is 0.826 bits per heavy atom. The van der Waals surface area contributed by atoms with Gasteiger partial charge in [-0.3, -0.25) is 19.2 Å². The number of hydrogen-bond acceptors (Lipinski definition) is 8. The normalized spacial score (nSPS) is 30.0. The van der Waals surface area contributed by atoms with E-state index in [0.29, 0.717) is 0 Å². The molecule has 0 unspecified atom stereocenters. The maximum absolute atomic E-state index is 11.4. The first-order valence-electron chi connectivity index (χ1n) is 7.06. The molecule has 0 aromatic rings. The molecule has 9 heteroatoms. The molecular weight excluding hydrogens is 310 g/mol. The predicted molar refractivity (Wildman–Crippen MR) is 74.8 cm³/mol. The molecule has 0 bridgehead atoms. The maximum Gasteiger partial charge on any atom is 0.305 e. The molecule has 0 spiro atoms. The lowest BCUT2D eigenvalue weighted by Gasteiger charge is -2.43. The van der Waals surface area contributed by atoms with Gasteiger partial charge >= 0.3 is 17.9 Å². The SMILES string of the molecule is CC(=O)N[C@H]1[C@H](OC(C)=O)[C@H](OC(C)=O)[C@@H](OC(C)=O)O[C@@H]1C. The van der Waals surface area contributed by atoms with Crippen LogP contribution in [0.4, 0.5) is 0 Å². The topological polar surface area (TPSA) is 117 Å². The summed E-state index contributed by atoms with van der Waals surface area (Å²) in [5, 5.41) is 2.59. The first-order chi connectivity index (χ1) is 10.6. The third-order valence-corrected chi connectivity index (χ3v) is 3.06. The van der Waals surface area contributed by atoms with Crippen LogP contribution in [0.2, 0.25) is 0 Å². The molecule has 23 heavy (non-hydrogen) atoms. The van der Waals surface area contributed by atoms with Gasteiger partial charge in [-0.2, -0.15) is 0 Å². The molecule has 1 aliphatic rings. The molecule has 1 heterocycles. The van der Waals surface area contributed by atoms with Crippen molar-refractivity contribution in [2.24, 2.45) is 0 Å². The predicted octanol–water partition coefficient (Wildman–Crippen LogP) is -0.338. The van der Waals surface area contributed by atoms with Gasteiger partial charge in [0.05, 0.1) is 12.1 Å². The highest BCUT2D eigenvalue weighted by atomic mass is 16.7. The Balaban J connectivity index is 3.15. The summed E-state index contributed by atoms with van der Waals surface area (Å²) in [6.45, 7) is 6.39. The van der Waals surface area contributed by atoms with E-state index in [1.165, 1.54) is 20.8 Å². The Kier molecular flexibility index (Phi) is 6.49. The third kappa shape index (κ3) is 5.51. The second-order valence-corrected chi connectivity index (χ2v) is 5.19. The molecular formula is C14H21NO8. The third-order valence-electron chi connectivity index (χ3n) is 3.06. The fraction of sp³-hybridized carbons (Fsp3) is 0.714. The van der Waals surface area contributed by atoms with Crippen molar-refractivity contribution in [2.75, 3.05) is 0 Å². The van der Waals surface area contributed by atoms with E-state index in [9.17, 15) is 19.2 Å². The zero-order chi connectivity index (χ0) is 17.7. The number of nitrogens with one attached hydrogen (secondary N) is 1. The zero-order valence-corrected chi connectivity index (χ0v) is 13.7. The van der Waals surface area contributed by atoms with Crippen LogP contribution in [0.5, 0.6) is 0 Å². The molecule has 0 saturated carbocycles. The van der Waals surface area contributed by atoms with Gasteiger partial charge in [-0.1, -0.05) is 0 Å². The van der Waals surface area contributed by atoms with Crippen LogP contribution in [0.1, 0.15) is 34.6 Å². The number of carbonyl (C=O) groups is 4. The second kappa shape index (κ2) is 7.91. The van der Waals surface area contributed by atoms with Crippen molar-refractivity contribution in [3.05, 3.63) is 0 Å². The van der Waals surface area contributed by atoms with Gasteiger partial charge in [-0.05, 0) is 6.92 Å². The van der Waals surface area contributed by atoms with Gasteiger partial charge in [0.2, 0.25) is 18.3 Å². The summed E-state index contributed by atoms with van der Waals surface area (Å²) in [5.41, 5.74) is 0. The van der Waals surface area contributed by atoms with E-state index < -0.39 is 48.6 Å². The Bertz CT molecular complexity index is 491. The van der Waals surface area contributed by atoms with Crippen LogP contribution >= 0.6 is 0 Å². The minimum Gasteiger partial charge on any atom is -0.456 e. The molecule has 1 aliphatic heterocycles. The molecule has 0 aromatic carbocycles. The summed E-state index contributed by atoms with van der Waals surface area (Å²) < 4.78 is 20.8. The first kappa shape index (κ1) is 18.9. The van der Waals surface area contributed by atoms with E-state index in [0.717, 1.165) is 6.92 Å². The van der Waals surface area contributed by atoms with Crippen molar-refractivity contribution >= 4 is 23.8 Å². The van der Waals surface area contributed by atoms with Gasteiger partial charge in [0.1, 0.15) is 0 Å². The van der Waals surface area contributed by atoms with Crippen LogP contribution in [0.15, 0.2) is 0 Å². The van der Waals surface area contributed by atoms with Crippen molar-refractivity contribution in [1.29, 1.82) is 0 Å². The van der Waals surface area contributed by atoms with E-state index >= 15 is 0 Å². The summed E-state index contributed by atoms with van der Waals surface area (Å²) in [6.07, 6.45) is -4.16. The largest absolute Gasteiger partial charge is 0.456 e. The molecule has 0 radical (unpaired) electrons. The summed E-state index contributed by atoms with van der Waals surface area (Å²) in [5.74, 6) is -2.35.